The zero-order valence-electron chi connectivity index (χ0n) is 49.6. The molecule has 0 N–H and O–H groups in total. The van der Waals surface area contributed by atoms with Crippen LogP contribution in [0, 0.1) is 11.8 Å². The van der Waals surface area contributed by atoms with Crippen molar-refractivity contribution in [1.82, 2.24) is 0 Å². The van der Waals surface area contributed by atoms with Crippen molar-refractivity contribution in [3.8, 4) is 0 Å². The molecule has 0 aliphatic heterocycles. The molecule has 0 saturated heterocycles. The molecule has 0 bridgehead atoms. The number of rotatable bonds is 60. The van der Waals surface area contributed by atoms with E-state index in [1.165, 1.54) is 263 Å². The first kappa shape index (κ1) is 70.4. The Balaban J connectivity index is 4.29. The minimum Gasteiger partial charge on any atom is -0.462 e. The zero-order valence-corrected chi connectivity index (χ0v) is 49.6. The van der Waals surface area contributed by atoms with E-state index in [1.54, 1.807) is 0 Å². The molecule has 1 unspecified atom stereocenters. The van der Waals surface area contributed by atoms with Gasteiger partial charge in [0, 0.05) is 19.3 Å². The van der Waals surface area contributed by atoms with Crippen molar-refractivity contribution in [3.05, 3.63) is 0 Å². The van der Waals surface area contributed by atoms with Gasteiger partial charge in [0.25, 0.3) is 0 Å². The van der Waals surface area contributed by atoms with Crippen LogP contribution in [0.25, 0.3) is 0 Å². The van der Waals surface area contributed by atoms with E-state index >= 15 is 0 Å². The molecule has 0 amide bonds. The lowest BCUT2D eigenvalue weighted by Crippen LogP contribution is -2.30. The summed E-state index contributed by atoms with van der Waals surface area (Å²) in [6.45, 7) is 11.5. The van der Waals surface area contributed by atoms with E-state index in [9.17, 15) is 14.4 Å². The number of hydrogen-bond donors (Lipinski definition) is 0. The smallest absolute Gasteiger partial charge is 0.306 e. The van der Waals surface area contributed by atoms with Gasteiger partial charge in [-0.05, 0) is 31.1 Å². The van der Waals surface area contributed by atoms with Crippen LogP contribution in [0.3, 0.4) is 0 Å². The van der Waals surface area contributed by atoms with Gasteiger partial charge in [-0.15, -0.1) is 0 Å². The topological polar surface area (TPSA) is 78.9 Å². The summed E-state index contributed by atoms with van der Waals surface area (Å²) in [5.41, 5.74) is 0. The standard InChI is InChI=1S/C66H128O6/c1-6-8-9-10-11-12-13-14-15-16-17-20-28-33-38-43-48-53-58-66(69)72-63(59-70-64(67)56-51-46-41-36-31-26-21-18-19-24-29-34-39-44-49-54-61(3)4)60-71-65(68)57-52-47-42-37-32-27-23-22-25-30-35-40-45-50-55-62(5)7-2/h61-63H,6-60H2,1-5H3/t62?,63-/m0/s1. The summed E-state index contributed by atoms with van der Waals surface area (Å²) < 4.78 is 17.0. The fourth-order valence-electron chi connectivity index (χ4n) is 10.3. The lowest BCUT2D eigenvalue weighted by molar-refractivity contribution is -0.167. The van der Waals surface area contributed by atoms with Crippen molar-refractivity contribution in [2.75, 3.05) is 13.2 Å². The van der Waals surface area contributed by atoms with Crippen LogP contribution < -0.4 is 0 Å². The van der Waals surface area contributed by atoms with Crippen LogP contribution in [0.15, 0.2) is 0 Å². The molecule has 0 spiro atoms. The number of ether oxygens (including phenoxy) is 3. The Bertz CT molecular complexity index is 1110. The fourth-order valence-corrected chi connectivity index (χ4v) is 10.3. The molecule has 0 heterocycles. The number of carbonyl (C=O) groups is 3. The summed E-state index contributed by atoms with van der Waals surface area (Å²) in [4.78, 5) is 38.4. The molecule has 72 heavy (non-hydrogen) atoms. The van der Waals surface area contributed by atoms with E-state index in [0.29, 0.717) is 19.3 Å². The van der Waals surface area contributed by atoms with Crippen LogP contribution in [-0.4, -0.2) is 37.2 Å². The molecule has 6 nitrogen and oxygen atoms in total. The molecule has 0 aliphatic carbocycles. The molecular weight excluding hydrogens is 889 g/mol. The third-order valence-electron chi connectivity index (χ3n) is 15.6. The first-order chi connectivity index (χ1) is 35.3. The molecule has 0 aromatic carbocycles. The van der Waals surface area contributed by atoms with E-state index < -0.39 is 6.10 Å². The summed E-state index contributed by atoms with van der Waals surface area (Å²) in [7, 11) is 0. The Labute approximate surface area is 450 Å². The Morgan fingerprint density at radius 2 is 0.528 bits per heavy atom. The summed E-state index contributed by atoms with van der Waals surface area (Å²) in [6, 6.07) is 0. The Morgan fingerprint density at radius 1 is 0.292 bits per heavy atom. The van der Waals surface area contributed by atoms with Gasteiger partial charge in [-0.3, -0.25) is 14.4 Å². The first-order valence-corrected chi connectivity index (χ1v) is 32.8. The average Bonchev–Trinajstić information content (AvgIpc) is 3.37. The highest BCUT2D eigenvalue weighted by Crippen LogP contribution is 2.19. The van der Waals surface area contributed by atoms with Gasteiger partial charge in [0.1, 0.15) is 13.2 Å². The lowest BCUT2D eigenvalue weighted by Gasteiger charge is -2.18. The average molecular weight is 1020 g/mol. The largest absolute Gasteiger partial charge is 0.462 e. The van der Waals surface area contributed by atoms with Gasteiger partial charge in [0.05, 0.1) is 0 Å². The third kappa shape index (κ3) is 57.7. The van der Waals surface area contributed by atoms with Crippen LogP contribution in [0.5, 0.6) is 0 Å². The van der Waals surface area contributed by atoms with Crippen molar-refractivity contribution in [1.29, 1.82) is 0 Å². The number of unbranched alkanes of at least 4 members (excludes halogenated alkanes) is 44. The second-order valence-electron chi connectivity index (χ2n) is 23.5. The minimum absolute atomic E-state index is 0.0617. The number of esters is 3. The second kappa shape index (κ2) is 58.7. The Morgan fingerprint density at radius 3 is 0.792 bits per heavy atom. The zero-order chi connectivity index (χ0) is 52.5. The number of hydrogen-bond acceptors (Lipinski definition) is 6. The molecule has 2 atom stereocenters. The summed E-state index contributed by atoms with van der Waals surface area (Å²) >= 11 is 0. The molecule has 0 saturated carbocycles. The molecule has 0 aromatic heterocycles. The van der Waals surface area contributed by atoms with Gasteiger partial charge in [0.15, 0.2) is 6.10 Å². The van der Waals surface area contributed by atoms with Gasteiger partial charge < -0.3 is 14.2 Å². The SMILES string of the molecule is CCCCCCCCCCCCCCCCCCCCC(=O)O[C@@H](COC(=O)CCCCCCCCCCCCCCCCCC(C)C)COC(=O)CCCCCCCCCCCCCCCCC(C)CC. The van der Waals surface area contributed by atoms with Crippen LogP contribution in [0.2, 0.25) is 0 Å². The highest BCUT2D eigenvalue weighted by molar-refractivity contribution is 5.71. The molecule has 0 rings (SSSR count). The van der Waals surface area contributed by atoms with Crippen LogP contribution >= 0.6 is 0 Å². The van der Waals surface area contributed by atoms with Crippen molar-refractivity contribution >= 4 is 17.9 Å². The second-order valence-corrected chi connectivity index (χ2v) is 23.5. The van der Waals surface area contributed by atoms with Gasteiger partial charge >= 0.3 is 17.9 Å². The van der Waals surface area contributed by atoms with Crippen LogP contribution in [-0.2, 0) is 28.6 Å². The highest BCUT2D eigenvalue weighted by Gasteiger charge is 2.19. The van der Waals surface area contributed by atoms with Crippen molar-refractivity contribution < 1.29 is 28.6 Å². The van der Waals surface area contributed by atoms with E-state index in [4.69, 9.17) is 14.2 Å². The van der Waals surface area contributed by atoms with Crippen molar-refractivity contribution in [2.24, 2.45) is 11.8 Å². The molecule has 6 heteroatoms. The quantitative estimate of drug-likeness (QED) is 0.0343. The molecule has 0 fully saturated rings. The van der Waals surface area contributed by atoms with Crippen LogP contribution in [0.1, 0.15) is 375 Å². The highest BCUT2D eigenvalue weighted by atomic mass is 16.6. The predicted molar refractivity (Wildman–Crippen MR) is 312 cm³/mol. The predicted octanol–water partition coefficient (Wildman–Crippen LogP) is 22.0. The van der Waals surface area contributed by atoms with Crippen LogP contribution in [0.4, 0.5) is 0 Å². The van der Waals surface area contributed by atoms with E-state index in [-0.39, 0.29) is 31.1 Å². The van der Waals surface area contributed by atoms with Gasteiger partial charge in [0.2, 0.25) is 0 Å². The Kier molecular flexibility index (Phi) is 57.4. The van der Waals surface area contributed by atoms with E-state index in [2.05, 4.69) is 34.6 Å². The monoisotopic (exact) mass is 1020 g/mol. The van der Waals surface area contributed by atoms with Crippen molar-refractivity contribution in [2.45, 2.75) is 381 Å². The lowest BCUT2D eigenvalue weighted by atomic mass is 9.99. The maximum absolute atomic E-state index is 12.9. The van der Waals surface area contributed by atoms with Gasteiger partial charge in [-0.2, -0.15) is 0 Å². The maximum atomic E-state index is 12.9. The van der Waals surface area contributed by atoms with E-state index in [0.717, 1.165) is 69.6 Å². The first-order valence-electron chi connectivity index (χ1n) is 32.8. The van der Waals surface area contributed by atoms with Gasteiger partial charge in [-0.25, -0.2) is 0 Å². The maximum Gasteiger partial charge on any atom is 0.306 e. The summed E-state index contributed by atoms with van der Waals surface area (Å²) in [5, 5.41) is 0. The molecule has 0 aromatic rings. The van der Waals surface area contributed by atoms with E-state index in [1.807, 2.05) is 0 Å². The molecular formula is C66H128O6. The molecule has 0 aliphatic rings. The molecule has 0 radical (unpaired) electrons. The number of carbonyl (C=O) groups excluding carboxylic acids is 3. The summed E-state index contributed by atoms with van der Waals surface area (Å²) in [5.74, 6) is 0.916. The summed E-state index contributed by atoms with van der Waals surface area (Å²) in [6.07, 6.45) is 65.3. The van der Waals surface area contributed by atoms with Crippen molar-refractivity contribution in [3.63, 3.8) is 0 Å². The molecule has 428 valence electrons. The van der Waals surface area contributed by atoms with Gasteiger partial charge in [-0.1, -0.05) is 336 Å². The Hall–Kier alpha value is -1.59. The minimum atomic E-state index is -0.764. The fraction of sp³-hybridized carbons (Fsp3) is 0.955. The third-order valence-corrected chi connectivity index (χ3v) is 15.6. The normalized spacial score (nSPS) is 12.4.